The summed E-state index contributed by atoms with van der Waals surface area (Å²) < 4.78 is 13.4. The van der Waals surface area contributed by atoms with E-state index in [1.807, 2.05) is 0 Å². The number of methoxy groups -OCH3 is 2. The first-order valence-corrected chi connectivity index (χ1v) is 24.3. The number of hydrogen-bond acceptors (Lipinski definition) is 2. The molecule has 0 aromatic heterocycles. The second-order valence-electron chi connectivity index (χ2n) is 21.7. The largest absolute Gasteiger partial charge is 0.381 e. The van der Waals surface area contributed by atoms with Crippen LogP contribution in [0.5, 0.6) is 0 Å². The van der Waals surface area contributed by atoms with Gasteiger partial charge in [-0.05, 0) is 119 Å². The van der Waals surface area contributed by atoms with E-state index in [1.165, 1.54) is 89.9 Å². The van der Waals surface area contributed by atoms with Gasteiger partial charge >= 0.3 is 0 Å². The average molecular weight is 669 g/mol. The fourth-order valence-corrected chi connectivity index (χ4v) is 22.3. The van der Waals surface area contributed by atoms with Crippen LogP contribution >= 0.6 is 0 Å². The predicted molar refractivity (Wildman–Crippen MR) is 203 cm³/mol. The first-order chi connectivity index (χ1) is 22.1. The zero-order valence-corrected chi connectivity index (χ0v) is 34.5. The molecular weight excluding hydrogens is 589 g/mol. The van der Waals surface area contributed by atoms with E-state index in [0.717, 1.165) is 70.3 Å². The Bertz CT molecular complexity index is 946. The van der Waals surface area contributed by atoms with Gasteiger partial charge in [0, 0.05) is 14.2 Å². The van der Waals surface area contributed by atoms with Gasteiger partial charge in [0.25, 0.3) is 0 Å². The van der Waals surface area contributed by atoms with E-state index in [0.29, 0.717) is 34.9 Å². The van der Waals surface area contributed by atoms with Crippen LogP contribution in [0.3, 0.4) is 0 Å². The second kappa shape index (κ2) is 13.9. The smallest absolute Gasteiger partial charge is 0.0638 e. The molecule has 0 spiro atoms. The van der Waals surface area contributed by atoms with Crippen molar-refractivity contribution < 1.29 is 9.47 Å². The Labute approximate surface area is 294 Å². The van der Waals surface area contributed by atoms with Crippen LogP contribution in [-0.2, 0) is 9.47 Å². The Kier molecular flexibility index (Phi) is 10.9. The van der Waals surface area contributed by atoms with Crippen molar-refractivity contribution in [1.82, 2.24) is 0 Å². The van der Waals surface area contributed by atoms with Crippen molar-refractivity contribution in [3.05, 3.63) is 0 Å². The second-order valence-corrected chi connectivity index (χ2v) is 26.7. The summed E-state index contributed by atoms with van der Waals surface area (Å²) in [4.78, 5) is 0. The Morgan fingerprint density at radius 3 is 1.13 bits per heavy atom. The summed E-state index contributed by atoms with van der Waals surface area (Å²) >= 11 is 0. The number of fused-ring (bicyclic) bond motifs is 2. The third kappa shape index (κ3) is 6.66. The van der Waals surface area contributed by atoms with Crippen LogP contribution in [0.2, 0.25) is 24.2 Å². The van der Waals surface area contributed by atoms with E-state index in [-0.39, 0.29) is 0 Å². The zero-order chi connectivity index (χ0) is 34.1. The van der Waals surface area contributed by atoms with E-state index >= 15 is 0 Å². The minimum atomic E-state index is -1.66. The maximum atomic E-state index is 6.68. The first-order valence-electron chi connectivity index (χ1n) is 21.2. The van der Waals surface area contributed by atoms with Gasteiger partial charge in [-0.2, -0.15) is 0 Å². The van der Waals surface area contributed by atoms with Crippen LogP contribution < -0.4 is 0 Å². The molecule has 0 aromatic carbocycles. The summed E-state index contributed by atoms with van der Waals surface area (Å²) in [5.74, 6) is 10.1. The van der Waals surface area contributed by atoms with Gasteiger partial charge < -0.3 is 9.47 Å². The average Bonchev–Trinajstić information content (AvgIpc) is 3.54. The molecule has 14 atom stereocenters. The Morgan fingerprint density at radius 2 is 0.830 bits per heavy atom. The van der Waals surface area contributed by atoms with E-state index < -0.39 is 8.07 Å². The number of rotatable bonds is 6. The molecule has 6 rings (SSSR count). The molecule has 47 heavy (non-hydrogen) atoms. The van der Waals surface area contributed by atoms with Crippen molar-refractivity contribution in [1.29, 1.82) is 0 Å². The summed E-state index contributed by atoms with van der Waals surface area (Å²) in [7, 11) is 2.50. The molecule has 0 saturated heterocycles. The highest BCUT2D eigenvalue weighted by molar-refractivity contribution is 6.80. The molecule has 0 bridgehead atoms. The van der Waals surface area contributed by atoms with Crippen LogP contribution in [-0.4, -0.2) is 34.5 Å². The van der Waals surface area contributed by atoms with Gasteiger partial charge in [0.15, 0.2) is 0 Å². The molecule has 2 nitrogen and oxygen atoms in total. The molecule has 0 N–H and O–H groups in total. The lowest BCUT2D eigenvalue weighted by Gasteiger charge is -2.56. The minimum Gasteiger partial charge on any atom is -0.381 e. The molecule has 0 aliphatic heterocycles. The lowest BCUT2D eigenvalue weighted by Crippen LogP contribution is -2.55. The number of hydrogen-bond donors (Lipinski definition) is 0. The predicted octanol–water partition coefficient (Wildman–Crippen LogP) is 12.5. The van der Waals surface area contributed by atoms with Crippen LogP contribution in [0, 0.1) is 81.8 Å². The highest BCUT2D eigenvalue weighted by Crippen LogP contribution is 2.69. The van der Waals surface area contributed by atoms with Gasteiger partial charge in [0.05, 0.1) is 20.3 Å². The van der Waals surface area contributed by atoms with Crippen molar-refractivity contribution in [2.24, 2.45) is 81.8 Å². The molecule has 3 heteroatoms. The van der Waals surface area contributed by atoms with Gasteiger partial charge in [-0.3, -0.25) is 0 Å². The molecule has 0 radical (unpaired) electrons. The molecule has 6 aliphatic rings. The standard InChI is InChI=1S/C44H80O2Si/c1-27-23-31-33(25-35(43(3,4)5)39(45-9)37(31)29-19-15-13-16-20-29)41(27)47(11,12)42-28(2)24-32-34(42)26-36(44(6,7)8)40(46-10)38(32)30-21-17-14-18-22-30/h27-42H,13-26H2,1-12H3/t27?,28?,31?,32?,33?,34?,35?,36?,37-,38-,39?,40?,41?,42?/m1/s1. The Hall–Kier alpha value is 0.137. The lowest BCUT2D eigenvalue weighted by molar-refractivity contribution is -0.118. The fraction of sp³-hybridized carbons (Fsp3) is 1.00. The fourth-order valence-electron chi connectivity index (χ4n) is 15.7. The minimum absolute atomic E-state index is 0.304. The van der Waals surface area contributed by atoms with Gasteiger partial charge in [0.1, 0.15) is 0 Å². The van der Waals surface area contributed by atoms with Crippen molar-refractivity contribution >= 4 is 8.07 Å². The first kappa shape index (κ1) is 36.9. The van der Waals surface area contributed by atoms with E-state index in [1.54, 1.807) is 0 Å². The van der Waals surface area contributed by atoms with Crippen molar-refractivity contribution in [2.75, 3.05) is 14.2 Å². The summed E-state index contributed by atoms with van der Waals surface area (Å²) in [6.45, 7) is 26.7. The molecule has 0 amide bonds. The van der Waals surface area contributed by atoms with Crippen LogP contribution in [0.25, 0.3) is 0 Å². The highest BCUT2D eigenvalue weighted by atomic mass is 28.3. The van der Waals surface area contributed by atoms with E-state index in [9.17, 15) is 0 Å². The van der Waals surface area contributed by atoms with Crippen molar-refractivity contribution in [2.45, 2.75) is 182 Å². The van der Waals surface area contributed by atoms with Crippen molar-refractivity contribution in [3.8, 4) is 0 Å². The molecule has 272 valence electrons. The van der Waals surface area contributed by atoms with Crippen molar-refractivity contribution in [3.63, 3.8) is 0 Å². The monoisotopic (exact) mass is 669 g/mol. The van der Waals surface area contributed by atoms with E-state index in [2.05, 4.69) is 82.7 Å². The van der Waals surface area contributed by atoms with Crippen LogP contribution in [0.15, 0.2) is 0 Å². The van der Waals surface area contributed by atoms with Gasteiger partial charge in [-0.25, -0.2) is 0 Å². The Morgan fingerprint density at radius 1 is 0.489 bits per heavy atom. The maximum Gasteiger partial charge on any atom is 0.0638 e. The summed E-state index contributed by atoms with van der Waals surface area (Å²) in [6.07, 6.45) is 21.3. The molecule has 0 aromatic rings. The topological polar surface area (TPSA) is 18.5 Å². The zero-order valence-electron chi connectivity index (χ0n) is 33.5. The summed E-state index contributed by atoms with van der Waals surface area (Å²) in [5, 5.41) is 0. The molecule has 6 saturated carbocycles. The number of ether oxygens (including phenoxy) is 2. The third-order valence-electron chi connectivity index (χ3n) is 17.0. The molecule has 12 unspecified atom stereocenters. The molecule has 6 aliphatic carbocycles. The molecule has 6 fully saturated rings. The summed E-state index contributed by atoms with van der Waals surface area (Å²) in [5.41, 5.74) is 2.54. The molecule has 0 heterocycles. The summed E-state index contributed by atoms with van der Waals surface area (Å²) in [6, 6.07) is 0. The third-order valence-corrected chi connectivity index (χ3v) is 22.4. The van der Waals surface area contributed by atoms with E-state index in [4.69, 9.17) is 9.47 Å². The maximum absolute atomic E-state index is 6.68. The highest BCUT2D eigenvalue weighted by Gasteiger charge is 2.64. The lowest BCUT2D eigenvalue weighted by atomic mass is 9.56. The van der Waals surface area contributed by atoms with Gasteiger partial charge in [-0.15, -0.1) is 0 Å². The van der Waals surface area contributed by atoms with Crippen LogP contribution in [0.4, 0.5) is 0 Å². The quantitative estimate of drug-likeness (QED) is 0.262. The normalized spacial score (nSPS) is 46.0. The molecular formula is C44H80O2Si. The van der Waals surface area contributed by atoms with Gasteiger partial charge in [0.2, 0.25) is 0 Å². The van der Waals surface area contributed by atoms with Crippen LogP contribution in [0.1, 0.15) is 145 Å². The Balaban J connectivity index is 1.36. The SMILES string of the molecule is COC1C(C(C)(C)C)CC2C(CC(C)C2[Si](C)(C)C2C(C)CC3C2CC(C(C)(C)C)C(OC)[C@@H]3C2CCCCC2)[C@H]1C1CCCCC1. The van der Waals surface area contributed by atoms with Gasteiger partial charge in [-0.1, -0.05) is 133 Å².